The Morgan fingerprint density at radius 3 is 3.13 bits per heavy atom. The summed E-state index contributed by atoms with van der Waals surface area (Å²) >= 11 is 3.04. The van der Waals surface area contributed by atoms with E-state index in [4.69, 9.17) is 14.5 Å². The molecule has 1 unspecified atom stereocenters. The van der Waals surface area contributed by atoms with Crippen LogP contribution in [0.25, 0.3) is 10.3 Å². The molecule has 8 nitrogen and oxygen atoms in total. The van der Waals surface area contributed by atoms with Gasteiger partial charge in [0, 0.05) is 19.6 Å². The summed E-state index contributed by atoms with van der Waals surface area (Å²) in [6, 6.07) is 5.68. The first kappa shape index (κ1) is 20.3. The van der Waals surface area contributed by atoms with Gasteiger partial charge in [0.1, 0.15) is 16.1 Å². The highest BCUT2D eigenvalue weighted by atomic mass is 32.2. The Balaban J connectivity index is 1.20. The summed E-state index contributed by atoms with van der Waals surface area (Å²) in [6.07, 6.45) is 3.98. The van der Waals surface area contributed by atoms with Crippen molar-refractivity contribution in [2.45, 2.75) is 31.3 Å². The third-order valence-corrected chi connectivity index (χ3v) is 7.57. The molecule has 1 aromatic carbocycles. The van der Waals surface area contributed by atoms with E-state index in [9.17, 15) is 4.79 Å². The van der Waals surface area contributed by atoms with Gasteiger partial charge < -0.3 is 19.7 Å². The zero-order valence-electron chi connectivity index (χ0n) is 17.2. The van der Waals surface area contributed by atoms with Crippen molar-refractivity contribution in [1.82, 2.24) is 20.3 Å². The number of ether oxygens (including phenoxy) is 2. The lowest BCUT2D eigenvalue weighted by Crippen LogP contribution is -2.34. The van der Waals surface area contributed by atoms with E-state index in [1.165, 1.54) is 30.9 Å². The summed E-state index contributed by atoms with van der Waals surface area (Å²) in [5.74, 6) is 2.36. The van der Waals surface area contributed by atoms with Gasteiger partial charge in [0.2, 0.25) is 12.7 Å². The van der Waals surface area contributed by atoms with Crippen molar-refractivity contribution in [3.63, 3.8) is 0 Å². The van der Waals surface area contributed by atoms with Gasteiger partial charge >= 0.3 is 0 Å². The second kappa shape index (κ2) is 8.88. The third-order valence-electron chi connectivity index (χ3n) is 5.34. The number of thioether (sulfide) groups is 1. The third kappa shape index (κ3) is 4.54. The number of rotatable bonds is 6. The van der Waals surface area contributed by atoms with Gasteiger partial charge in [-0.25, -0.2) is 9.97 Å². The summed E-state index contributed by atoms with van der Waals surface area (Å²) in [4.78, 5) is 28.2. The van der Waals surface area contributed by atoms with Crippen LogP contribution in [0, 0.1) is 5.92 Å². The number of hydrogen-bond donors (Lipinski definition) is 1. The standard InChI is InChI=1S/C21H23N5O3S2/c1-13-3-2-6-26(9-13)21-25-19-18(31-21)20(24-11-23-19)30-10-17(27)22-8-14-4-5-15-16(7-14)29-12-28-15/h4-5,7,11,13H,2-3,6,8-10,12H2,1H3,(H,22,27). The molecule has 31 heavy (non-hydrogen) atoms. The molecule has 5 rings (SSSR count). The molecule has 1 atom stereocenters. The number of hydrogen-bond acceptors (Lipinski definition) is 9. The summed E-state index contributed by atoms with van der Waals surface area (Å²) in [5, 5.41) is 4.75. The molecule has 0 aliphatic carbocycles. The van der Waals surface area contributed by atoms with Gasteiger partial charge in [0.05, 0.1) is 5.75 Å². The number of nitrogens with one attached hydrogen (secondary N) is 1. The van der Waals surface area contributed by atoms with Crippen LogP contribution in [0.2, 0.25) is 0 Å². The van der Waals surface area contributed by atoms with Gasteiger partial charge in [0.15, 0.2) is 22.3 Å². The molecule has 0 saturated carbocycles. The molecule has 3 aromatic rings. The summed E-state index contributed by atoms with van der Waals surface area (Å²) in [6.45, 7) is 5.02. The average molecular weight is 458 g/mol. The molecule has 10 heteroatoms. The zero-order valence-corrected chi connectivity index (χ0v) is 18.8. The van der Waals surface area contributed by atoms with Gasteiger partial charge in [-0.3, -0.25) is 4.79 Å². The van der Waals surface area contributed by atoms with Crippen LogP contribution < -0.4 is 19.7 Å². The Morgan fingerprint density at radius 1 is 1.32 bits per heavy atom. The van der Waals surface area contributed by atoms with E-state index >= 15 is 0 Å². The molecule has 1 N–H and O–H groups in total. The second-order valence-corrected chi connectivity index (χ2v) is 9.72. The number of carbonyl (C=O) groups is 1. The lowest BCUT2D eigenvalue weighted by molar-refractivity contribution is -0.118. The summed E-state index contributed by atoms with van der Waals surface area (Å²) in [7, 11) is 0. The highest BCUT2D eigenvalue weighted by Gasteiger charge is 2.21. The summed E-state index contributed by atoms with van der Waals surface area (Å²) in [5.41, 5.74) is 1.67. The van der Waals surface area contributed by atoms with Gasteiger partial charge in [-0.1, -0.05) is 36.1 Å². The highest BCUT2D eigenvalue weighted by molar-refractivity contribution is 8.00. The van der Waals surface area contributed by atoms with Crippen LogP contribution in [0.15, 0.2) is 29.6 Å². The fraction of sp³-hybridized carbons (Fsp3) is 0.429. The first-order valence-corrected chi connectivity index (χ1v) is 12.1. The van der Waals surface area contributed by atoms with E-state index < -0.39 is 0 Å². The number of aromatic nitrogens is 3. The Bertz CT molecular complexity index is 1110. The predicted octanol–water partition coefficient (Wildman–Crippen LogP) is 3.46. The van der Waals surface area contributed by atoms with Crippen LogP contribution in [0.5, 0.6) is 11.5 Å². The SMILES string of the molecule is CC1CCCN(c2nc3ncnc(SCC(=O)NCc4ccc5c(c4)OCO5)c3s2)C1. The minimum Gasteiger partial charge on any atom is -0.454 e. The van der Waals surface area contributed by atoms with Crippen molar-refractivity contribution in [1.29, 1.82) is 0 Å². The van der Waals surface area contributed by atoms with Crippen molar-refractivity contribution in [3.05, 3.63) is 30.1 Å². The normalized spacial score (nSPS) is 17.8. The quantitative estimate of drug-likeness (QED) is 0.445. The summed E-state index contributed by atoms with van der Waals surface area (Å²) < 4.78 is 11.6. The Labute approximate surface area is 188 Å². The lowest BCUT2D eigenvalue weighted by Gasteiger charge is -2.30. The minimum atomic E-state index is -0.0518. The van der Waals surface area contributed by atoms with E-state index in [0.717, 1.165) is 39.3 Å². The molecule has 2 aliphatic heterocycles. The van der Waals surface area contributed by atoms with Crippen molar-refractivity contribution in [3.8, 4) is 11.5 Å². The number of nitrogens with zero attached hydrogens (tertiary/aromatic N) is 4. The molecule has 0 spiro atoms. The number of carbonyl (C=O) groups excluding carboxylic acids is 1. The van der Waals surface area contributed by atoms with Crippen LogP contribution in [0.4, 0.5) is 5.13 Å². The van der Waals surface area contributed by atoms with E-state index in [0.29, 0.717) is 23.9 Å². The van der Waals surface area contributed by atoms with Crippen LogP contribution in [0.1, 0.15) is 25.3 Å². The van der Waals surface area contributed by atoms with Crippen LogP contribution in [-0.4, -0.2) is 46.5 Å². The first-order chi connectivity index (χ1) is 15.2. The van der Waals surface area contributed by atoms with E-state index in [1.807, 2.05) is 18.2 Å². The minimum absolute atomic E-state index is 0.0518. The van der Waals surface area contributed by atoms with Gasteiger partial charge in [-0.15, -0.1) is 0 Å². The molecule has 2 aliphatic rings. The first-order valence-electron chi connectivity index (χ1n) is 10.3. The maximum Gasteiger partial charge on any atom is 0.231 e. The van der Waals surface area contributed by atoms with Crippen LogP contribution in [-0.2, 0) is 11.3 Å². The number of thiazole rings is 1. The average Bonchev–Trinajstić information content (AvgIpc) is 3.43. The lowest BCUT2D eigenvalue weighted by atomic mass is 10.0. The topological polar surface area (TPSA) is 89.5 Å². The number of anilines is 1. The highest BCUT2D eigenvalue weighted by Crippen LogP contribution is 2.35. The molecule has 1 fully saturated rings. The van der Waals surface area contributed by atoms with Crippen LogP contribution >= 0.6 is 23.1 Å². The molecular formula is C21H23N5O3S2. The Hall–Kier alpha value is -2.59. The van der Waals surface area contributed by atoms with Gasteiger partial charge in [0.25, 0.3) is 0 Å². The molecule has 2 aromatic heterocycles. The fourth-order valence-corrected chi connectivity index (χ4v) is 5.72. The van der Waals surface area contributed by atoms with Crippen molar-refractivity contribution in [2.75, 3.05) is 30.5 Å². The second-order valence-electron chi connectivity index (χ2n) is 7.77. The van der Waals surface area contributed by atoms with Crippen LogP contribution in [0.3, 0.4) is 0 Å². The number of amides is 1. The molecule has 4 heterocycles. The van der Waals surface area contributed by atoms with E-state index in [-0.39, 0.29) is 18.5 Å². The van der Waals surface area contributed by atoms with Crippen molar-refractivity contribution >= 4 is 44.5 Å². The Kier molecular flexibility index (Phi) is 5.82. The van der Waals surface area contributed by atoms with E-state index in [2.05, 4.69) is 27.1 Å². The zero-order chi connectivity index (χ0) is 21.2. The van der Waals surface area contributed by atoms with Crippen molar-refractivity contribution < 1.29 is 14.3 Å². The molecule has 0 bridgehead atoms. The van der Waals surface area contributed by atoms with Crippen molar-refractivity contribution in [2.24, 2.45) is 5.92 Å². The maximum absolute atomic E-state index is 12.4. The molecule has 1 amide bonds. The molecule has 162 valence electrons. The number of benzene rings is 1. The fourth-order valence-electron chi connectivity index (χ4n) is 3.76. The molecular weight excluding hydrogens is 434 g/mol. The predicted molar refractivity (Wildman–Crippen MR) is 121 cm³/mol. The monoisotopic (exact) mass is 457 g/mol. The molecule has 0 radical (unpaired) electrons. The number of piperidine rings is 1. The largest absolute Gasteiger partial charge is 0.454 e. The Morgan fingerprint density at radius 2 is 2.23 bits per heavy atom. The number of fused-ring (bicyclic) bond motifs is 2. The molecule has 1 saturated heterocycles. The van der Waals surface area contributed by atoms with Gasteiger partial charge in [-0.2, -0.15) is 4.98 Å². The van der Waals surface area contributed by atoms with E-state index in [1.54, 1.807) is 11.3 Å². The maximum atomic E-state index is 12.4. The van der Waals surface area contributed by atoms with Gasteiger partial charge in [-0.05, 0) is 36.5 Å². The smallest absolute Gasteiger partial charge is 0.231 e.